The van der Waals surface area contributed by atoms with Crippen molar-refractivity contribution in [3.8, 4) is 23.1 Å². The molecule has 6 nitrogen and oxygen atoms in total. The minimum absolute atomic E-state index is 0.0400. The topological polar surface area (TPSA) is 83.2 Å². The zero-order valence-corrected chi connectivity index (χ0v) is 12.7. The van der Waals surface area contributed by atoms with Gasteiger partial charge in [-0.05, 0) is 39.8 Å². The minimum Gasteiger partial charge on any atom is -0.490 e. The van der Waals surface area contributed by atoms with Crippen LogP contribution in [0.1, 0.15) is 27.7 Å². The number of hydrogen-bond donors (Lipinski definition) is 1. The molecule has 0 saturated heterocycles. The van der Waals surface area contributed by atoms with Gasteiger partial charge in [0.25, 0.3) is 0 Å². The maximum atomic E-state index is 5.78. The molecule has 0 spiro atoms. The second kappa shape index (κ2) is 6.39. The number of nitrogen functional groups attached to an aromatic ring is 1. The summed E-state index contributed by atoms with van der Waals surface area (Å²) in [7, 11) is 0. The molecule has 0 saturated carbocycles. The van der Waals surface area contributed by atoms with Crippen molar-refractivity contribution >= 4 is 5.95 Å². The van der Waals surface area contributed by atoms with Crippen LogP contribution in [0.25, 0.3) is 11.4 Å². The molecular formula is C15H20N4O2. The number of benzene rings is 1. The summed E-state index contributed by atoms with van der Waals surface area (Å²) in [5, 5.41) is 0. The standard InChI is InChI=1S/C15H20N4O2/c1-9(2)20-12-8-6-5-7-11(12)13-17-14(16)19-15(18-13)21-10(3)4/h5-10H,1-4H3,(H2,16,17,18,19). The highest BCUT2D eigenvalue weighted by molar-refractivity contribution is 5.64. The molecule has 2 N–H and O–H groups in total. The lowest BCUT2D eigenvalue weighted by Crippen LogP contribution is -2.11. The van der Waals surface area contributed by atoms with Gasteiger partial charge < -0.3 is 15.2 Å². The Balaban J connectivity index is 2.44. The molecule has 0 aliphatic rings. The first kappa shape index (κ1) is 15.0. The van der Waals surface area contributed by atoms with Gasteiger partial charge in [-0.2, -0.15) is 15.0 Å². The number of hydrogen-bond acceptors (Lipinski definition) is 6. The monoisotopic (exact) mass is 288 g/mol. The zero-order chi connectivity index (χ0) is 15.4. The van der Waals surface area contributed by atoms with Crippen LogP contribution in [0.5, 0.6) is 11.8 Å². The second-order valence-electron chi connectivity index (χ2n) is 5.13. The van der Waals surface area contributed by atoms with Crippen molar-refractivity contribution in [2.24, 2.45) is 0 Å². The lowest BCUT2D eigenvalue weighted by molar-refractivity contribution is 0.222. The van der Waals surface area contributed by atoms with E-state index in [4.69, 9.17) is 15.2 Å². The Morgan fingerprint density at radius 3 is 2.24 bits per heavy atom. The van der Waals surface area contributed by atoms with Crippen molar-refractivity contribution in [1.29, 1.82) is 0 Å². The molecule has 6 heteroatoms. The van der Waals surface area contributed by atoms with E-state index in [-0.39, 0.29) is 24.2 Å². The van der Waals surface area contributed by atoms with Crippen LogP contribution >= 0.6 is 0 Å². The van der Waals surface area contributed by atoms with Crippen LogP contribution in [0.4, 0.5) is 5.95 Å². The lowest BCUT2D eigenvalue weighted by atomic mass is 10.2. The summed E-state index contributed by atoms with van der Waals surface area (Å²) in [6.45, 7) is 7.72. The summed E-state index contributed by atoms with van der Waals surface area (Å²) in [5.74, 6) is 1.26. The molecule has 0 atom stereocenters. The summed E-state index contributed by atoms with van der Waals surface area (Å²) >= 11 is 0. The van der Waals surface area contributed by atoms with Crippen molar-refractivity contribution in [2.75, 3.05) is 5.73 Å². The third kappa shape index (κ3) is 4.05. The summed E-state index contributed by atoms with van der Waals surface area (Å²) in [6, 6.07) is 7.76. The Morgan fingerprint density at radius 1 is 0.905 bits per heavy atom. The quantitative estimate of drug-likeness (QED) is 0.910. The molecule has 0 aliphatic heterocycles. The zero-order valence-electron chi connectivity index (χ0n) is 12.7. The van der Waals surface area contributed by atoms with Gasteiger partial charge in [0.2, 0.25) is 5.95 Å². The summed E-state index contributed by atoms with van der Waals surface area (Å²) in [5.41, 5.74) is 6.50. The van der Waals surface area contributed by atoms with Crippen molar-refractivity contribution < 1.29 is 9.47 Å². The second-order valence-corrected chi connectivity index (χ2v) is 5.13. The van der Waals surface area contributed by atoms with Gasteiger partial charge in [-0.25, -0.2) is 0 Å². The Morgan fingerprint density at radius 2 is 1.57 bits per heavy atom. The normalized spacial score (nSPS) is 11.0. The first-order valence-electron chi connectivity index (χ1n) is 6.90. The van der Waals surface area contributed by atoms with Gasteiger partial charge in [-0.3, -0.25) is 0 Å². The fourth-order valence-corrected chi connectivity index (χ4v) is 1.76. The highest BCUT2D eigenvalue weighted by atomic mass is 16.5. The molecule has 0 amide bonds. The first-order valence-corrected chi connectivity index (χ1v) is 6.90. The molecule has 2 rings (SSSR count). The van der Waals surface area contributed by atoms with E-state index < -0.39 is 0 Å². The highest BCUT2D eigenvalue weighted by Crippen LogP contribution is 2.29. The Kier molecular flexibility index (Phi) is 4.57. The molecule has 21 heavy (non-hydrogen) atoms. The third-order valence-electron chi connectivity index (χ3n) is 2.46. The van der Waals surface area contributed by atoms with Crippen molar-refractivity contribution in [1.82, 2.24) is 15.0 Å². The molecule has 0 radical (unpaired) electrons. The average molecular weight is 288 g/mol. The lowest BCUT2D eigenvalue weighted by Gasteiger charge is -2.14. The smallest absolute Gasteiger partial charge is 0.322 e. The van der Waals surface area contributed by atoms with E-state index in [0.717, 1.165) is 5.56 Å². The number of rotatable bonds is 5. The number of para-hydroxylation sites is 1. The van der Waals surface area contributed by atoms with Crippen molar-refractivity contribution in [3.63, 3.8) is 0 Å². The van der Waals surface area contributed by atoms with Crippen LogP contribution in [0.15, 0.2) is 24.3 Å². The SMILES string of the molecule is CC(C)Oc1nc(N)nc(-c2ccccc2OC(C)C)n1. The van der Waals surface area contributed by atoms with Crippen LogP contribution in [0.3, 0.4) is 0 Å². The Labute approximate surface area is 124 Å². The third-order valence-corrected chi connectivity index (χ3v) is 2.46. The number of aromatic nitrogens is 3. The van der Waals surface area contributed by atoms with E-state index in [1.165, 1.54) is 0 Å². The van der Waals surface area contributed by atoms with Gasteiger partial charge in [0.1, 0.15) is 5.75 Å². The highest BCUT2D eigenvalue weighted by Gasteiger charge is 2.14. The first-order chi connectivity index (χ1) is 9.95. The molecule has 112 valence electrons. The Hall–Kier alpha value is -2.37. The summed E-state index contributed by atoms with van der Waals surface area (Å²) < 4.78 is 11.3. The van der Waals surface area contributed by atoms with E-state index in [9.17, 15) is 0 Å². The van der Waals surface area contributed by atoms with Gasteiger partial charge in [-0.15, -0.1) is 0 Å². The van der Waals surface area contributed by atoms with Crippen molar-refractivity contribution in [3.05, 3.63) is 24.3 Å². The fourth-order valence-electron chi connectivity index (χ4n) is 1.76. The van der Waals surface area contributed by atoms with E-state index in [1.54, 1.807) is 0 Å². The fraction of sp³-hybridized carbons (Fsp3) is 0.400. The molecule has 0 aliphatic carbocycles. The molecule has 0 bridgehead atoms. The number of ether oxygens (including phenoxy) is 2. The van der Waals surface area contributed by atoms with E-state index in [0.29, 0.717) is 11.6 Å². The maximum absolute atomic E-state index is 5.78. The van der Waals surface area contributed by atoms with Crippen LogP contribution in [0.2, 0.25) is 0 Å². The molecule has 1 aromatic carbocycles. The number of nitrogens with zero attached hydrogens (tertiary/aromatic N) is 3. The summed E-state index contributed by atoms with van der Waals surface area (Å²) in [4.78, 5) is 12.5. The predicted molar refractivity (Wildman–Crippen MR) is 81.2 cm³/mol. The number of anilines is 1. The van der Waals surface area contributed by atoms with Gasteiger partial charge in [-0.1, -0.05) is 12.1 Å². The average Bonchev–Trinajstić information content (AvgIpc) is 2.37. The van der Waals surface area contributed by atoms with Crippen LogP contribution in [-0.2, 0) is 0 Å². The van der Waals surface area contributed by atoms with Gasteiger partial charge in [0, 0.05) is 0 Å². The molecule has 0 unspecified atom stereocenters. The molecular weight excluding hydrogens is 268 g/mol. The van der Waals surface area contributed by atoms with Crippen LogP contribution < -0.4 is 15.2 Å². The predicted octanol–water partition coefficient (Wildman–Crippen LogP) is 2.70. The van der Waals surface area contributed by atoms with Gasteiger partial charge in [0.05, 0.1) is 17.8 Å². The van der Waals surface area contributed by atoms with Crippen LogP contribution in [-0.4, -0.2) is 27.2 Å². The molecule has 1 heterocycles. The van der Waals surface area contributed by atoms with E-state index >= 15 is 0 Å². The van der Waals surface area contributed by atoms with Crippen LogP contribution in [0, 0.1) is 0 Å². The molecule has 2 aromatic rings. The maximum Gasteiger partial charge on any atom is 0.322 e. The largest absolute Gasteiger partial charge is 0.490 e. The molecule has 0 fully saturated rings. The van der Waals surface area contributed by atoms with E-state index in [1.807, 2.05) is 52.0 Å². The van der Waals surface area contributed by atoms with Gasteiger partial charge >= 0.3 is 6.01 Å². The number of nitrogens with two attached hydrogens (primary N) is 1. The van der Waals surface area contributed by atoms with Crippen molar-refractivity contribution in [2.45, 2.75) is 39.9 Å². The Bertz CT molecular complexity index is 614. The van der Waals surface area contributed by atoms with E-state index in [2.05, 4.69) is 15.0 Å². The minimum atomic E-state index is -0.0400. The van der Waals surface area contributed by atoms with Gasteiger partial charge in [0.15, 0.2) is 5.82 Å². The molecule has 1 aromatic heterocycles. The summed E-state index contributed by atoms with van der Waals surface area (Å²) in [6.07, 6.45) is 0.0125.